The van der Waals surface area contributed by atoms with Crippen molar-refractivity contribution in [3.8, 4) is 0 Å². The molecule has 0 saturated carbocycles. The lowest BCUT2D eigenvalue weighted by Crippen LogP contribution is -2.43. The van der Waals surface area contributed by atoms with Crippen molar-refractivity contribution in [1.29, 1.82) is 0 Å². The topological polar surface area (TPSA) is 88.8 Å². The van der Waals surface area contributed by atoms with E-state index in [0.29, 0.717) is 11.5 Å². The van der Waals surface area contributed by atoms with Gasteiger partial charge in [0, 0.05) is 12.7 Å². The van der Waals surface area contributed by atoms with Crippen LogP contribution < -0.4 is 5.32 Å². The number of thioether (sulfide) groups is 1. The third-order valence-electron chi connectivity index (χ3n) is 4.17. The van der Waals surface area contributed by atoms with Crippen molar-refractivity contribution in [2.24, 2.45) is 0 Å². The summed E-state index contributed by atoms with van der Waals surface area (Å²) >= 11 is 1.37. The second kappa shape index (κ2) is 8.47. The second-order valence-electron chi connectivity index (χ2n) is 6.28. The molecule has 2 atom stereocenters. The van der Waals surface area contributed by atoms with Gasteiger partial charge in [0.2, 0.25) is 5.91 Å². The molecule has 2 aromatic rings. The molecular formula is C19H19FN2O5S. The highest BCUT2D eigenvalue weighted by atomic mass is 32.2. The Balaban J connectivity index is 1.59. The minimum Gasteiger partial charge on any atom is -0.466 e. The van der Waals surface area contributed by atoms with E-state index < -0.39 is 35.7 Å². The number of carbonyl (C=O) groups is 3. The van der Waals surface area contributed by atoms with Crippen LogP contribution in [0.4, 0.5) is 10.1 Å². The Labute approximate surface area is 165 Å². The summed E-state index contributed by atoms with van der Waals surface area (Å²) in [6.45, 7) is 2.51. The summed E-state index contributed by atoms with van der Waals surface area (Å²) in [6.07, 6.45) is 1.49. The van der Waals surface area contributed by atoms with Gasteiger partial charge in [0.1, 0.15) is 23.0 Å². The van der Waals surface area contributed by atoms with Crippen molar-refractivity contribution >= 4 is 35.2 Å². The third kappa shape index (κ3) is 4.36. The van der Waals surface area contributed by atoms with Gasteiger partial charge < -0.3 is 19.4 Å². The summed E-state index contributed by atoms with van der Waals surface area (Å²) in [5, 5.41) is 1.93. The van der Waals surface area contributed by atoms with E-state index in [-0.39, 0.29) is 11.6 Å². The van der Waals surface area contributed by atoms with Crippen molar-refractivity contribution in [1.82, 2.24) is 4.90 Å². The van der Waals surface area contributed by atoms with Crippen LogP contribution in [0.25, 0.3) is 0 Å². The Bertz CT molecular complexity index is 886. The fourth-order valence-electron chi connectivity index (χ4n) is 2.86. The standard InChI is InChI=1S/C19H19FN2O5S/c1-11-5-6-14(13(20)8-11)21-17(24)9-27-19(25)15-10-28-18(22(15)12(2)23)16-4-3-7-26-16/h3-8,15,18H,9-10H2,1-2H3,(H,21,24)/t15-,18+/m1/s1. The number of hydrogen-bond acceptors (Lipinski definition) is 6. The monoisotopic (exact) mass is 406 g/mol. The number of aryl methyl sites for hydroxylation is 1. The number of hydrogen-bond donors (Lipinski definition) is 1. The second-order valence-corrected chi connectivity index (χ2v) is 7.40. The maximum absolute atomic E-state index is 13.8. The molecule has 1 saturated heterocycles. The average Bonchev–Trinajstić information content (AvgIpc) is 3.31. The summed E-state index contributed by atoms with van der Waals surface area (Å²) in [7, 11) is 0. The molecule has 2 heterocycles. The van der Waals surface area contributed by atoms with Gasteiger partial charge in [-0.2, -0.15) is 0 Å². The smallest absolute Gasteiger partial charge is 0.330 e. The molecule has 1 N–H and O–H groups in total. The number of amides is 2. The Morgan fingerprint density at radius 2 is 2.14 bits per heavy atom. The van der Waals surface area contributed by atoms with E-state index in [1.54, 1.807) is 25.1 Å². The predicted molar refractivity (Wildman–Crippen MR) is 101 cm³/mol. The zero-order chi connectivity index (χ0) is 20.3. The lowest BCUT2D eigenvalue weighted by atomic mass is 10.2. The molecule has 1 aromatic carbocycles. The van der Waals surface area contributed by atoms with Crippen LogP contribution >= 0.6 is 11.8 Å². The van der Waals surface area contributed by atoms with Crippen molar-refractivity contribution < 1.29 is 27.9 Å². The molecule has 9 heteroatoms. The Morgan fingerprint density at radius 3 is 2.79 bits per heavy atom. The number of nitrogens with one attached hydrogen (secondary N) is 1. The highest BCUT2D eigenvalue weighted by molar-refractivity contribution is 7.99. The number of nitrogens with zero attached hydrogens (tertiary/aromatic N) is 1. The molecule has 0 bridgehead atoms. The van der Waals surface area contributed by atoms with E-state index in [0.717, 1.165) is 5.56 Å². The molecule has 0 aliphatic carbocycles. The molecule has 0 spiro atoms. The molecule has 3 rings (SSSR count). The molecule has 2 amide bonds. The zero-order valence-electron chi connectivity index (χ0n) is 15.3. The summed E-state index contributed by atoms with van der Waals surface area (Å²) in [6, 6.07) is 6.97. The van der Waals surface area contributed by atoms with E-state index in [1.165, 1.54) is 42.0 Å². The minimum absolute atomic E-state index is 0.00585. The fraction of sp³-hybridized carbons (Fsp3) is 0.316. The van der Waals surface area contributed by atoms with Gasteiger partial charge in [0.15, 0.2) is 6.61 Å². The first-order valence-electron chi connectivity index (χ1n) is 8.53. The van der Waals surface area contributed by atoms with Gasteiger partial charge in [-0.15, -0.1) is 11.8 Å². The summed E-state index contributed by atoms with van der Waals surface area (Å²) in [4.78, 5) is 37.8. The maximum atomic E-state index is 13.8. The van der Waals surface area contributed by atoms with Crippen LogP contribution in [0, 0.1) is 12.7 Å². The maximum Gasteiger partial charge on any atom is 0.330 e. The number of rotatable bonds is 5. The predicted octanol–water partition coefficient (Wildman–Crippen LogP) is 2.87. The van der Waals surface area contributed by atoms with Crippen molar-refractivity contribution in [2.45, 2.75) is 25.3 Å². The van der Waals surface area contributed by atoms with Crippen LogP contribution in [0.3, 0.4) is 0 Å². The van der Waals surface area contributed by atoms with Gasteiger partial charge in [-0.05, 0) is 36.8 Å². The van der Waals surface area contributed by atoms with Crippen molar-refractivity contribution in [3.05, 3.63) is 53.7 Å². The molecular weight excluding hydrogens is 387 g/mol. The largest absolute Gasteiger partial charge is 0.466 e. The highest BCUT2D eigenvalue weighted by Crippen LogP contribution is 2.41. The Hall–Kier alpha value is -2.81. The van der Waals surface area contributed by atoms with Crippen LogP contribution in [0.15, 0.2) is 41.0 Å². The lowest BCUT2D eigenvalue weighted by Gasteiger charge is -2.25. The minimum atomic E-state index is -0.832. The van der Waals surface area contributed by atoms with Crippen LogP contribution in [0.2, 0.25) is 0 Å². The van der Waals surface area contributed by atoms with E-state index >= 15 is 0 Å². The van der Waals surface area contributed by atoms with E-state index in [2.05, 4.69) is 5.32 Å². The highest BCUT2D eigenvalue weighted by Gasteiger charge is 2.43. The van der Waals surface area contributed by atoms with Gasteiger partial charge >= 0.3 is 5.97 Å². The van der Waals surface area contributed by atoms with Gasteiger partial charge in [0.25, 0.3) is 5.91 Å². The van der Waals surface area contributed by atoms with E-state index in [4.69, 9.17) is 9.15 Å². The van der Waals surface area contributed by atoms with Crippen LogP contribution in [0.5, 0.6) is 0 Å². The number of carbonyl (C=O) groups excluding carboxylic acids is 3. The van der Waals surface area contributed by atoms with Gasteiger partial charge in [-0.3, -0.25) is 9.59 Å². The number of furan rings is 1. The molecule has 28 heavy (non-hydrogen) atoms. The van der Waals surface area contributed by atoms with Crippen molar-refractivity contribution in [2.75, 3.05) is 17.7 Å². The molecule has 148 valence electrons. The molecule has 7 nitrogen and oxygen atoms in total. The Kier molecular flexibility index (Phi) is 6.03. The molecule has 0 radical (unpaired) electrons. The molecule has 1 aliphatic rings. The number of anilines is 1. The van der Waals surface area contributed by atoms with Gasteiger partial charge in [-0.25, -0.2) is 9.18 Å². The normalized spacial score (nSPS) is 18.8. The zero-order valence-corrected chi connectivity index (χ0v) is 16.1. The molecule has 1 aliphatic heterocycles. The SMILES string of the molecule is CC(=O)N1[C@@H](C(=O)OCC(=O)Nc2ccc(C)cc2F)CS[C@H]1c1ccco1. The molecule has 0 unspecified atom stereocenters. The summed E-state index contributed by atoms with van der Waals surface area (Å²) in [5.41, 5.74) is 0.724. The van der Waals surface area contributed by atoms with E-state index in [9.17, 15) is 18.8 Å². The quantitative estimate of drug-likeness (QED) is 0.768. The van der Waals surface area contributed by atoms with Crippen LogP contribution in [-0.2, 0) is 19.1 Å². The molecule has 1 aromatic heterocycles. The Morgan fingerprint density at radius 1 is 1.36 bits per heavy atom. The first-order chi connectivity index (χ1) is 13.4. The van der Waals surface area contributed by atoms with E-state index in [1.807, 2.05) is 0 Å². The average molecular weight is 406 g/mol. The number of ether oxygens (including phenoxy) is 1. The van der Waals surface area contributed by atoms with Gasteiger partial charge in [-0.1, -0.05) is 6.07 Å². The third-order valence-corrected chi connectivity index (χ3v) is 5.45. The lowest BCUT2D eigenvalue weighted by molar-refractivity contribution is -0.155. The molecule has 1 fully saturated rings. The number of benzene rings is 1. The first-order valence-corrected chi connectivity index (χ1v) is 9.58. The summed E-state index contributed by atoms with van der Waals surface area (Å²) < 4.78 is 24.2. The number of esters is 1. The number of halogens is 1. The van der Waals surface area contributed by atoms with Crippen molar-refractivity contribution in [3.63, 3.8) is 0 Å². The fourth-order valence-corrected chi connectivity index (χ4v) is 4.28. The van der Waals surface area contributed by atoms with Crippen LogP contribution in [-0.4, -0.2) is 41.1 Å². The first kappa shape index (κ1) is 19.9. The summed E-state index contributed by atoms with van der Waals surface area (Å²) in [5.74, 6) is -1.37. The van der Waals surface area contributed by atoms with Crippen LogP contribution in [0.1, 0.15) is 23.6 Å². The van der Waals surface area contributed by atoms with Gasteiger partial charge in [0.05, 0.1) is 12.0 Å².